The van der Waals surface area contributed by atoms with E-state index < -0.39 is 15.6 Å². The Morgan fingerprint density at radius 1 is 1.05 bits per heavy atom. The smallest absolute Gasteiger partial charge is 0.206 e. The van der Waals surface area contributed by atoms with Crippen molar-refractivity contribution in [2.75, 3.05) is 0 Å². The second-order valence-corrected chi connectivity index (χ2v) is 8.86. The number of sulfonamides is 1. The number of thiophene rings is 1. The lowest BCUT2D eigenvalue weighted by Gasteiger charge is -2.26. The molecule has 0 radical (unpaired) electrons. The van der Waals surface area contributed by atoms with Gasteiger partial charge in [-0.2, -0.15) is 0 Å². The van der Waals surface area contributed by atoms with Gasteiger partial charge in [-0.15, -0.1) is 11.3 Å². The SMILES string of the molecule is CC(C)(NS(=O)(=O)c1ccc(Cl)s1)c1ccc(Cl)cc1. The van der Waals surface area contributed by atoms with Crippen LogP contribution < -0.4 is 4.72 Å². The molecule has 0 spiro atoms. The summed E-state index contributed by atoms with van der Waals surface area (Å²) in [6.07, 6.45) is 0. The molecule has 1 aromatic heterocycles. The van der Waals surface area contributed by atoms with Crippen molar-refractivity contribution in [1.29, 1.82) is 0 Å². The molecular weight excluding hydrogens is 337 g/mol. The van der Waals surface area contributed by atoms with E-state index in [0.29, 0.717) is 9.36 Å². The quantitative estimate of drug-likeness (QED) is 0.895. The van der Waals surface area contributed by atoms with Gasteiger partial charge in [0.1, 0.15) is 4.21 Å². The lowest BCUT2D eigenvalue weighted by Crippen LogP contribution is -2.40. The summed E-state index contributed by atoms with van der Waals surface area (Å²) in [6, 6.07) is 10.1. The van der Waals surface area contributed by atoms with Gasteiger partial charge in [0.2, 0.25) is 0 Å². The molecule has 1 aromatic carbocycles. The zero-order valence-corrected chi connectivity index (χ0v) is 14.0. The third-order valence-corrected chi connectivity index (χ3v) is 6.40. The van der Waals surface area contributed by atoms with Gasteiger partial charge in [-0.3, -0.25) is 0 Å². The molecule has 3 nitrogen and oxygen atoms in total. The highest BCUT2D eigenvalue weighted by Crippen LogP contribution is 2.29. The molecule has 0 aliphatic heterocycles. The van der Waals surface area contributed by atoms with Gasteiger partial charge in [-0.05, 0) is 43.7 Å². The van der Waals surface area contributed by atoms with Crippen LogP contribution in [0.15, 0.2) is 40.6 Å². The van der Waals surface area contributed by atoms with Crippen LogP contribution in [-0.2, 0) is 15.6 Å². The number of hydrogen-bond donors (Lipinski definition) is 1. The Bertz CT molecular complexity index is 706. The van der Waals surface area contributed by atoms with Gasteiger partial charge in [-0.25, -0.2) is 13.1 Å². The molecule has 20 heavy (non-hydrogen) atoms. The predicted octanol–water partition coefficient (Wildman–Crippen LogP) is 4.27. The van der Waals surface area contributed by atoms with E-state index in [9.17, 15) is 8.42 Å². The van der Waals surface area contributed by atoms with E-state index in [2.05, 4.69) is 4.72 Å². The van der Waals surface area contributed by atoms with Crippen molar-refractivity contribution >= 4 is 44.6 Å². The Morgan fingerprint density at radius 2 is 1.65 bits per heavy atom. The highest BCUT2D eigenvalue weighted by atomic mass is 35.5. The van der Waals surface area contributed by atoms with Gasteiger partial charge in [0, 0.05) is 5.02 Å². The van der Waals surface area contributed by atoms with Crippen LogP contribution in [0.1, 0.15) is 19.4 Å². The molecule has 108 valence electrons. The minimum atomic E-state index is -3.60. The molecule has 2 rings (SSSR count). The van der Waals surface area contributed by atoms with Crippen molar-refractivity contribution in [3.8, 4) is 0 Å². The lowest BCUT2D eigenvalue weighted by atomic mass is 9.96. The largest absolute Gasteiger partial charge is 0.250 e. The molecule has 0 saturated heterocycles. The molecule has 0 atom stereocenters. The zero-order valence-electron chi connectivity index (χ0n) is 10.9. The van der Waals surface area contributed by atoms with Crippen molar-refractivity contribution in [1.82, 2.24) is 4.72 Å². The van der Waals surface area contributed by atoms with Crippen LogP contribution in [0.25, 0.3) is 0 Å². The fraction of sp³-hybridized carbons (Fsp3) is 0.231. The molecule has 0 saturated carbocycles. The molecule has 1 N–H and O–H groups in total. The minimum absolute atomic E-state index is 0.199. The molecule has 0 bridgehead atoms. The third kappa shape index (κ3) is 3.54. The van der Waals surface area contributed by atoms with Gasteiger partial charge < -0.3 is 0 Å². The summed E-state index contributed by atoms with van der Waals surface area (Å²) in [5.74, 6) is 0. The maximum atomic E-state index is 12.3. The minimum Gasteiger partial charge on any atom is -0.206 e. The standard InChI is InChI=1S/C13H13Cl2NO2S2/c1-13(2,9-3-5-10(14)6-4-9)16-20(17,18)12-8-7-11(15)19-12/h3-8,16H,1-2H3. The zero-order chi connectivity index (χ0) is 15.0. The first kappa shape index (κ1) is 15.8. The van der Waals surface area contributed by atoms with E-state index >= 15 is 0 Å². The summed E-state index contributed by atoms with van der Waals surface area (Å²) < 4.78 is 27.9. The van der Waals surface area contributed by atoms with E-state index in [1.54, 1.807) is 44.2 Å². The van der Waals surface area contributed by atoms with Gasteiger partial charge in [0.25, 0.3) is 10.0 Å². The summed E-state index contributed by atoms with van der Waals surface area (Å²) >= 11 is 12.7. The highest BCUT2D eigenvalue weighted by Gasteiger charge is 2.28. The summed E-state index contributed by atoms with van der Waals surface area (Å²) in [5, 5.41) is 0.609. The predicted molar refractivity (Wildman–Crippen MR) is 84.1 cm³/mol. The van der Waals surface area contributed by atoms with Crippen molar-refractivity contribution in [3.63, 3.8) is 0 Å². The van der Waals surface area contributed by atoms with Crippen LogP contribution in [0.4, 0.5) is 0 Å². The Labute approximate surface area is 132 Å². The van der Waals surface area contributed by atoms with Crippen molar-refractivity contribution < 1.29 is 8.42 Å². The maximum absolute atomic E-state index is 12.3. The molecular formula is C13H13Cl2NO2S2. The Morgan fingerprint density at radius 3 is 2.15 bits per heavy atom. The monoisotopic (exact) mass is 349 g/mol. The number of halogens is 2. The van der Waals surface area contributed by atoms with Crippen LogP contribution >= 0.6 is 34.5 Å². The first-order chi connectivity index (χ1) is 9.21. The van der Waals surface area contributed by atoms with Crippen LogP contribution in [0, 0.1) is 0 Å². The molecule has 0 fully saturated rings. The fourth-order valence-corrected chi connectivity index (χ4v) is 4.76. The number of hydrogen-bond acceptors (Lipinski definition) is 3. The second-order valence-electron chi connectivity index (χ2n) is 4.80. The third-order valence-electron chi connectivity index (χ3n) is 2.77. The van der Waals surface area contributed by atoms with E-state index in [-0.39, 0.29) is 4.21 Å². The molecule has 0 aliphatic carbocycles. The van der Waals surface area contributed by atoms with E-state index in [4.69, 9.17) is 23.2 Å². The summed E-state index contributed by atoms with van der Waals surface area (Å²) in [5.41, 5.74) is 0.0769. The van der Waals surface area contributed by atoms with Crippen molar-refractivity contribution in [2.45, 2.75) is 23.6 Å². The molecule has 1 heterocycles. The average Bonchev–Trinajstić information content (AvgIpc) is 2.76. The van der Waals surface area contributed by atoms with Crippen LogP contribution in [-0.4, -0.2) is 8.42 Å². The first-order valence-electron chi connectivity index (χ1n) is 5.76. The molecule has 0 unspecified atom stereocenters. The van der Waals surface area contributed by atoms with E-state index in [0.717, 1.165) is 16.9 Å². The van der Waals surface area contributed by atoms with Crippen LogP contribution in [0.2, 0.25) is 9.36 Å². The first-order valence-corrected chi connectivity index (χ1v) is 8.82. The molecule has 0 amide bonds. The Hall–Kier alpha value is -0.590. The number of nitrogens with one attached hydrogen (secondary N) is 1. The summed E-state index contributed by atoms with van der Waals surface area (Å²) in [6.45, 7) is 3.59. The van der Waals surface area contributed by atoms with Crippen molar-refractivity contribution in [2.24, 2.45) is 0 Å². The van der Waals surface area contributed by atoms with E-state index in [1.807, 2.05) is 0 Å². The number of benzene rings is 1. The molecule has 2 aromatic rings. The van der Waals surface area contributed by atoms with Crippen molar-refractivity contribution in [3.05, 3.63) is 51.3 Å². The summed E-state index contributed by atoms with van der Waals surface area (Å²) in [4.78, 5) is 0. The van der Waals surface area contributed by atoms with Gasteiger partial charge in [0.05, 0.1) is 9.88 Å². The highest BCUT2D eigenvalue weighted by molar-refractivity contribution is 7.91. The van der Waals surface area contributed by atoms with Gasteiger partial charge >= 0.3 is 0 Å². The topological polar surface area (TPSA) is 46.2 Å². The normalized spacial score (nSPS) is 12.6. The van der Waals surface area contributed by atoms with Gasteiger partial charge in [0.15, 0.2) is 0 Å². The average molecular weight is 350 g/mol. The number of rotatable bonds is 4. The molecule has 7 heteroatoms. The lowest BCUT2D eigenvalue weighted by molar-refractivity contribution is 0.473. The van der Waals surface area contributed by atoms with Gasteiger partial charge in [-0.1, -0.05) is 35.3 Å². The Balaban J connectivity index is 2.30. The second kappa shape index (κ2) is 5.66. The van der Waals surface area contributed by atoms with Crippen LogP contribution in [0.5, 0.6) is 0 Å². The fourth-order valence-electron chi connectivity index (χ4n) is 1.75. The Kier molecular flexibility index (Phi) is 4.47. The van der Waals surface area contributed by atoms with E-state index in [1.165, 1.54) is 6.07 Å². The van der Waals surface area contributed by atoms with Crippen LogP contribution in [0.3, 0.4) is 0 Å². The maximum Gasteiger partial charge on any atom is 0.250 e. The summed E-state index contributed by atoms with van der Waals surface area (Å²) in [7, 11) is -3.60. The molecule has 0 aliphatic rings.